The van der Waals surface area contributed by atoms with Crippen molar-refractivity contribution >= 4 is 24.2 Å². The van der Waals surface area contributed by atoms with E-state index in [2.05, 4.69) is 5.32 Å². The number of esters is 1. The molecule has 1 N–H and O–H groups in total. The van der Waals surface area contributed by atoms with Crippen LogP contribution in [0.5, 0.6) is 0 Å². The molecule has 0 aromatic carbocycles. The molecule has 0 aromatic heterocycles. The van der Waals surface area contributed by atoms with Gasteiger partial charge in [-0.05, 0) is 51.4 Å². The summed E-state index contributed by atoms with van der Waals surface area (Å²) in [7, 11) is 1.66. The van der Waals surface area contributed by atoms with Crippen molar-refractivity contribution in [2.45, 2.75) is 83.9 Å². The van der Waals surface area contributed by atoms with Gasteiger partial charge in [0.2, 0.25) is 18.2 Å². The minimum absolute atomic E-state index is 0.0274. The van der Waals surface area contributed by atoms with Crippen LogP contribution in [0.4, 0.5) is 0 Å². The third kappa shape index (κ3) is 6.80. The molecule has 0 spiro atoms. The van der Waals surface area contributed by atoms with Crippen LogP contribution in [0.25, 0.3) is 0 Å². The van der Waals surface area contributed by atoms with E-state index in [1.165, 1.54) is 11.3 Å². The second kappa shape index (κ2) is 11.9. The number of rotatable bonds is 9. The molecule has 1 aliphatic heterocycles. The van der Waals surface area contributed by atoms with Crippen molar-refractivity contribution in [3.05, 3.63) is 11.6 Å². The number of carbonyl (C=O) groups excluding carboxylic acids is 4. The Kier molecular flexibility index (Phi) is 9.52. The van der Waals surface area contributed by atoms with E-state index in [1.807, 2.05) is 13.8 Å². The van der Waals surface area contributed by atoms with Crippen molar-refractivity contribution in [1.82, 2.24) is 15.1 Å². The minimum Gasteiger partial charge on any atom is -0.461 e. The van der Waals surface area contributed by atoms with Crippen LogP contribution in [-0.2, 0) is 23.9 Å². The van der Waals surface area contributed by atoms with Crippen LogP contribution in [0.2, 0.25) is 0 Å². The Morgan fingerprint density at radius 1 is 1.13 bits per heavy atom. The molecule has 8 nitrogen and oxygen atoms in total. The van der Waals surface area contributed by atoms with E-state index in [9.17, 15) is 19.2 Å². The van der Waals surface area contributed by atoms with Crippen molar-refractivity contribution in [3.8, 4) is 0 Å². The molecular weight excluding hydrogens is 398 g/mol. The Morgan fingerprint density at radius 2 is 1.81 bits per heavy atom. The first kappa shape index (κ1) is 24.9. The van der Waals surface area contributed by atoms with E-state index in [1.54, 1.807) is 24.9 Å². The molecule has 174 valence electrons. The number of hydrogen-bond donors (Lipinski definition) is 1. The highest BCUT2D eigenvalue weighted by atomic mass is 16.5. The van der Waals surface area contributed by atoms with Gasteiger partial charge in [0.05, 0.1) is 12.6 Å². The van der Waals surface area contributed by atoms with Crippen LogP contribution in [0.1, 0.15) is 65.7 Å². The van der Waals surface area contributed by atoms with Crippen LogP contribution in [0, 0.1) is 5.92 Å². The largest absolute Gasteiger partial charge is 0.461 e. The SMILES string of the molecule is CC(=CC(C(C)C)N(C)C(=O)CNC=O)C(=O)N1CCCC1C(=O)OC1CCCCC1. The number of likely N-dealkylation sites (N-methyl/N-ethyl adjacent to an activating group) is 1. The zero-order chi connectivity index (χ0) is 23.0. The van der Waals surface area contributed by atoms with E-state index in [4.69, 9.17) is 4.74 Å². The molecule has 2 fully saturated rings. The lowest BCUT2D eigenvalue weighted by molar-refractivity contribution is -0.158. The van der Waals surface area contributed by atoms with Gasteiger partial charge in [0, 0.05) is 19.2 Å². The summed E-state index contributed by atoms with van der Waals surface area (Å²) in [5, 5.41) is 2.38. The van der Waals surface area contributed by atoms with Gasteiger partial charge in [-0.2, -0.15) is 0 Å². The highest BCUT2D eigenvalue weighted by Crippen LogP contribution is 2.25. The van der Waals surface area contributed by atoms with Gasteiger partial charge in [-0.15, -0.1) is 0 Å². The zero-order valence-electron chi connectivity index (χ0n) is 19.3. The summed E-state index contributed by atoms with van der Waals surface area (Å²) in [4.78, 5) is 51.9. The molecule has 1 heterocycles. The second-order valence-electron chi connectivity index (χ2n) is 8.94. The lowest BCUT2D eigenvalue weighted by Gasteiger charge is -2.31. The summed E-state index contributed by atoms with van der Waals surface area (Å²) < 4.78 is 5.72. The van der Waals surface area contributed by atoms with Gasteiger partial charge < -0.3 is 19.9 Å². The summed E-state index contributed by atoms with van der Waals surface area (Å²) in [6, 6.07) is -0.841. The summed E-state index contributed by atoms with van der Waals surface area (Å²) in [6.45, 7) is 6.09. The Balaban J connectivity index is 2.07. The molecule has 2 aliphatic rings. The highest BCUT2D eigenvalue weighted by molar-refractivity contribution is 5.96. The standard InChI is InChI=1S/C23H37N3O5/c1-16(2)20(25(4)21(28)14-24-15-27)13-17(3)22(29)26-12-8-11-19(26)23(30)31-18-9-6-5-7-10-18/h13,15-16,18-20H,5-12,14H2,1-4H3,(H,24,27). The number of nitrogens with one attached hydrogen (secondary N) is 1. The number of nitrogens with zero attached hydrogens (tertiary/aromatic N) is 2. The van der Waals surface area contributed by atoms with Crippen LogP contribution in [0.3, 0.4) is 0 Å². The molecule has 2 atom stereocenters. The predicted octanol–water partition coefficient (Wildman–Crippen LogP) is 2.03. The summed E-state index contributed by atoms with van der Waals surface area (Å²) >= 11 is 0. The Bertz CT molecular complexity index is 685. The second-order valence-corrected chi connectivity index (χ2v) is 8.94. The molecule has 3 amide bonds. The van der Waals surface area contributed by atoms with Crippen LogP contribution in [0.15, 0.2) is 11.6 Å². The zero-order valence-corrected chi connectivity index (χ0v) is 19.3. The Labute approximate surface area is 185 Å². The van der Waals surface area contributed by atoms with E-state index >= 15 is 0 Å². The maximum absolute atomic E-state index is 13.2. The number of amides is 3. The molecule has 2 unspecified atom stereocenters. The molecule has 0 aromatic rings. The average molecular weight is 436 g/mol. The van der Waals surface area contributed by atoms with Gasteiger partial charge in [-0.1, -0.05) is 26.3 Å². The van der Waals surface area contributed by atoms with Gasteiger partial charge in [-0.25, -0.2) is 4.79 Å². The first-order valence-corrected chi connectivity index (χ1v) is 11.4. The topological polar surface area (TPSA) is 96.0 Å². The molecule has 1 saturated carbocycles. The predicted molar refractivity (Wildman–Crippen MR) is 117 cm³/mol. The fraction of sp³-hybridized carbons (Fsp3) is 0.739. The number of carbonyl (C=O) groups is 4. The fourth-order valence-electron chi connectivity index (χ4n) is 4.41. The van der Waals surface area contributed by atoms with Gasteiger partial charge >= 0.3 is 5.97 Å². The number of hydrogen-bond acceptors (Lipinski definition) is 5. The van der Waals surface area contributed by atoms with Crippen molar-refractivity contribution < 1.29 is 23.9 Å². The molecule has 1 saturated heterocycles. The van der Waals surface area contributed by atoms with E-state index in [0.29, 0.717) is 24.9 Å². The molecule has 1 aliphatic carbocycles. The average Bonchev–Trinajstić information content (AvgIpc) is 3.25. The van der Waals surface area contributed by atoms with E-state index < -0.39 is 6.04 Å². The molecular formula is C23H37N3O5. The number of ether oxygens (including phenoxy) is 1. The van der Waals surface area contributed by atoms with Gasteiger partial charge in [0.15, 0.2) is 0 Å². The Morgan fingerprint density at radius 3 is 2.42 bits per heavy atom. The summed E-state index contributed by atoms with van der Waals surface area (Å²) in [6.07, 6.45) is 8.79. The van der Waals surface area contributed by atoms with Crippen molar-refractivity contribution in [1.29, 1.82) is 0 Å². The highest BCUT2D eigenvalue weighted by Gasteiger charge is 2.37. The maximum Gasteiger partial charge on any atom is 0.329 e. The van der Waals surface area contributed by atoms with Crippen LogP contribution >= 0.6 is 0 Å². The third-order valence-corrected chi connectivity index (χ3v) is 6.24. The number of likely N-dealkylation sites (tertiary alicyclic amines) is 1. The van der Waals surface area contributed by atoms with E-state index in [0.717, 1.165) is 32.1 Å². The first-order chi connectivity index (χ1) is 14.8. The van der Waals surface area contributed by atoms with Crippen LogP contribution in [-0.4, -0.2) is 72.3 Å². The monoisotopic (exact) mass is 435 g/mol. The summed E-state index contributed by atoms with van der Waals surface area (Å²) in [5.74, 6) is -0.658. The van der Waals surface area contributed by atoms with Crippen LogP contribution < -0.4 is 5.32 Å². The molecule has 31 heavy (non-hydrogen) atoms. The van der Waals surface area contributed by atoms with Crippen molar-refractivity contribution in [3.63, 3.8) is 0 Å². The smallest absolute Gasteiger partial charge is 0.329 e. The minimum atomic E-state index is -0.536. The van der Waals surface area contributed by atoms with Gasteiger partial charge in [0.25, 0.3) is 0 Å². The van der Waals surface area contributed by atoms with E-state index in [-0.39, 0.29) is 42.4 Å². The van der Waals surface area contributed by atoms with Gasteiger partial charge in [0.1, 0.15) is 12.1 Å². The molecule has 8 heteroatoms. The fourth-order valence-corrected chi connectivity index (χ4v) is 4.41. The lowest BCUT2D eigenvalue weighted by atomic mass is 9.98. The summed E-state index contributed by atoms with van der Waals surface area (Å²) in [5.41, 5.74) is 0.499. The normalized spacial score (nSPS) is 21.0. The first-order valence-electron chi connectivity index (χ1n) is 11.4. The lowest BCUT2D eigenvalue weighted by Crippen LogP contribution is -2.45. The van der Waals surface area contributed by atoms with Crippen molar-refractivity contribution in [2.75, 3.05) is 20.1 Å². The Hall–Kier alpha value is -2.38. The molecule has 2 rings (SSSR count). The van der Waals surface area contributed by atoms with Crippen molar-refractivity contribution in [2.24, 2.45) is 5.92 Å². The molecule has 0 radical (unpaired) electrons. The maximum atomic E-state index is 13.2. The quantitative estimate of drug-likeness (QED) is 0.340. The molecule has 0 bridgehead atoms. The third-order valence-electron chi connectivity index (χ3n) is 6.24. The van der Waals surface area contributed by atoms with Gasteiger partial charge in [-0.3, -0.25) is 14.4 Å².